The molecule has 1 aliphatic rings. The van der Waals surface area contributed by atoms with Gasteiger partial charge in [-0.1, -0.05) is 18.6 Å². The van der Waals surface area contributed by atoms with E-state index >= 15 is 0 Å². The zero-order valence-corrected chi connectivity index (χ0v) is 13.4. The minimum absolute atomic E-state index is 0.187. The van der Waals surface area contributed by atoms with Crippen LogP contribution in [0, 0.1) is 18.7 Å². The Bertz CT molecular complexity index is 519. The Hall–Kier alpha value is -1.62. The van der Waals surface area contributed by atoms with Crippen LogP contribution in [0.2, 0.25) is 0 Å². The number of halogens is 1. The van der Waals surface area contributed by atoms with Gasteiger partial charge in [0.1, 0.15) is 5.82 Å². The van der Waals surface area contributed by atoms with Gasteiger partial charge in [-0.3, -0.25) is 0 Å². The standard InChI is InChI=1S/C17H26FN3O/c1-3-19-17(21-11-14-5-4-6-16(14)22)20-10-13-7-8-15(18)12(2)9-13/h7-9,14,16,22H,3-6,10-11H2,1-2H3,(H2,19,20,21). The third-order valence-electron chi connectivity index (χ3n) is 4.14. The van der Waals surface area contributed by atoms with Gasteiger partial charge in [0.15, 0.2) is 5.96 Å². The van der Waals surface area contributed by atoms with Crippen molar-refractivity contribution in [1.29, 1.82) is 0 Å². The second-order valence-corrected chi connectivity index (χ2v) is 5.92. The van der Waals surface area contributed by atoms with Crippen molar-refractivity contribution >= 4 is 5.96 Å². The van der Waals surface area contributed by atoms with Gasteiger partial charge in [-0.2, -0.15) is 0 Å². The highest BCUT2D eigenvalue weighted by atomic mass is 19.1. The SMILES string of the molecule is CCNC(=NCc1ccc(F)c(C)c1)NCC1CCCC1O. The fraction of sp³-hybridized carbons (Fsp3) is 0.588. The molecule has 0 radical (unpaired) electrons. The zero-order chi connectivity index (χ0) is 15.9. The second kappa shape index (κ2) is 8.13. The maximum absolute atomic E-state index is 13.3. The topological polar surface area (TPSA) is 56.7 Å². The van der Waals surface area contributed by atoms with E-state index < -0.39 is 0 Å². The van der Waals surface area contributed by atoms with Crippen LogP contribution < -0.4 is 10.6 Å². The molecule has 0 aromatic heterocycles. The van der Waals surface area contributed by atoms with E-state index in [9.17, 15) is 9.50 Å². The average molecular weight is 307 g/mol. The van der Waals surface area contributed by atoms with E-state index in [0.29, 0.717) is 18.0 Å². The van der Waals surface area contributed by atoms with Crippen molar-refractivity contribution in [2.24, 2.45) is 10.9 Å². The minimum Gasteiger partial charge on any atom is -0.393 e. The lowest BCUT2D eigenvalue weighted by molar-refractivity contribution is 0.134. The first-order valence-corrected chi connectivity index (χ1v) is 8.05. The maximum Gasteiger partial charge on any atom is 0.191 e. The highest BCUT2D eigenvalue weighted by molar-refractivity contribution is 5.79. The first-order chi connectivity index (χ1) is 10.6. The minimum atomic E-state index is -0.199. The lowest BCUT2D eigenvalue weighted by atomic mass is 10.1. The van der Waals surface area contributed by atoms with Gasteiger partial charge < -0.3 is 15.7 Å². The summed E-state index contributed by atoms with van der Waals surface area (Å²) >= 11 is 0. The van der Waals surface area contributed by atoms with Crippen molar-refractivity contribution < 1.29 is 9.50 Å². The van der Waals surface area contributed by atoms with Gasteiger partial charge in [-0.05, 0) is 43.9 Å². The summed E-state index contributed by atoms with van der Waals surface area (Å²) < 4.78 is 13.3. The number of aryl methyl sites for hydroxylation is 1. The second-order valence-electron chi connectivity index (χ2n) is 5.92. The Morgan fingerprint density at radius 1 is 1.36 bits per heavy atom. The number of hydrogen-bond acceptors (Lipinski definition) is 2. The molecule has 0 heterocycles. The molecular weight excluding hydrogens is 281 g/mol. The van der Waals surface area contributed by atoms with Crippen LogP contribution in [-0.4, -0.2) is 30.3 Å². The summed E-state index contributed by atoms with van der Waals surface area (Å²) in [6.07, 6.45) is 2.85. The number of nitrogens with zero attached hydrogens (tertiary/aromatic N) is 1. The molecule has 0 bridgehead atoms. The van der Waals surface area contributed by atoms with Crippen molar-refractivity contribution in [3.05, 3.63) is 35.1 Å². The summed E-state index contributed by atoms with van der Waals surface area (Å²) in [6.45, 7) is 5.79. The van der Waals surface area contributed by atoms with Crippen molar-refractivity contribution in [2.75, 3.05) is 13.1 Å². The summed E-state index contributed by atoms with van der Waals surface area (Å²) in [7, 11) is 0. The largest absolute Gasteiger partial charge is 0.393 e. The Morgan fingerprint density at radius 2 is 2.18 bits per heavy atom. The summed E-state index contributed by atoms with van der Waals surface area (Å²) in [6, 6.07) is 5.06. The van der Waals surface area contributed by atoms with E-state index in [1.54, 1.807) is 13.0 Å². The van der Waals surface area contributed by atoms with E-state index in [1.807, 2.05) is 13.0 Å². The molecule has 122 valence electrons. The number of nitrogens with one attached hydrogen (secondary N) is 2. The molecule has 1 aromatic rings. The highest BCUT2D eigenvalue weighted by Gasteiger charge is 2.24. The number of guanidine groups is 1. The van der Waals surface area contributed by atoms with Crippen LogP contribution in [0.1, 0.15) is 37.3 Å². The smallest absolute Gasteiger partial charge is 0.191 e. The number of benzene rings is 1. The van der Waals surface area contributed by atoms with Crippen molar-refractivity contribution in [3.8, 4) is 0 Å². The molecular formula is C17H26FN3O. The van der Waals surface area contributed by atoms with E-state index in [1.165, 1.54) is 6.07 Å². The number of hydrogen-bond donors (Lipinski definition) is 3. The van der Waals surface area contributed by atoms with Crippen LogP contribution in [0.3, 0.4) is 0 Å². The molecule has 1 saturated carbocycles. The first-order valence-electron chi connectivity index (χ1n) is 8.05. The molecule has 5 heteroatoms. The quantitative estimate of drug-likeness (QED) is 0.578. The number of aliphatic hydroxyl groups excluding tert-OH is 1. The molecule has 22 heavy (non-hydrogen) atoms. The maximum atomic E-state index is 13.3. The van der Waals surface area contributed by atoms with Crippen molar-refractivity contribution in [1.82, 2.24) is 10.6 Å². The lowest BCUT2D eigenvalue weighted by Gasteiger charge is -2.17. The highest BCUT2D eigenvalue weighted by Crippen LogP contribution is 2.24. The molecule has 1 aliphatic carbocycles. The van der Waals surface area contributed by atoms with Crippen LogP contribution in [0.4, 0.5) is 4.39 Å². The fourth-order valence-corrected chi connectivity index (χ4v) is 2.80. The normalized spacial score (nSPS) is 21.9. The molecule has 0 aliphatic heterocycles. The fourth-order valence-electron chi connectivity index (χ4n) is 2.80. The van der Waals surface area contributed by atoms with Gasteiger partial charge >= 0.3 is 0 Å². The summed E-state index contributed by atoms with van der Waals surface area (Å²) in [5, 5.41) is 16.4. The predicted molar refractivity (Wildman–Crippen MR) is 87.3 cm³/mol. The monoisotopic (exact) mass is 307 g/mol. The van der Waals surface area contributed by atoms with Gasteiger partial charge in [0.25, 0.3) is 0 Å². The van der Waals surface area contributed by atoms with Gasteiger partial charge in [0.2, 0.25) is 0 Å². The van der Waals surface area contributed by atoms with Gasteiger partial charge in [-0.25, -0.2) is 9.38 Å². The van der Waals surface area contributed by atoms with Crippen LogP contribution in [0.25, 0.3) is 0 Å². The zero-order valence-electron chi connectivity index (χ0n) is 13.4. The third kappa shape index (κ3) is 4.70. The summed E-state index contributed by atoms with van der Waals surface area (Å²) in [5.41, 5.74) is 1.62. The summed E-state index contributed by atoms with van der Waals surface area (Å²) in [4.78, 5) is 4.53. The molecule has 1 aromatic carbocycles. The van der Waals surface area contributed by atoms with Crippen LogP contribution in [-0.2, 0) is 6.54 Å². The van der Waals surface area contributed by atoms with Gasteiger partial charge in [-0.15, -0.1) is 0 Å². The molecule has 2 unspecified atom stereocenters. The van der Waals surface area contributed by atoms with Crippen molar-refractivity contribution in [2.45, 2.75) is 45.8 Å². The average Bonchev–Trinajstić information content (AvgIpc) is 2.91. The van der Waals surface area contributed by atoms with Crippen LogP contribution in [0.5, 0.6) is 0 Å². The Kier molecular flexibility index (Phi) is 6.19. The van der Waals surface area contributed by atoms with Crippen LogP contribution in [0.15, 0.2) is 23.2 Å². The molecule has 1 fully saturated rings. The van der Waals surface area contributed by atoms with Crippen molar-refractivity contribution in [3.63, 3.8) is 0 Å². The van der Waals surface area contributed by atoms with Gasteiger partial charge in [0, 0.05) is 19.0 Å². The molecule has 0 spiro atoms. The summed E-state index contributed by atoms with van der Waals surface area (Å²) in [5.74, 6) is 0.855. The van der Waals surface area contributed by atoms with Gasteiger partial charge in [0.05, 0.1) is 12.6 Å². The molecule has 2 atom stereocenters. The molecule has 2 rings (SSSR count). The molecule has 0 amide bonds. The predicted octanol–water partition coefficient (Wildman–Crippen LogP) is 2.35. The lowest BCUT2D eigenvalue weighted by Crippen LogP contribution is -2.41. The van der Waals surface area contributed by atoms with E-state index in [-0.39, 0.29) is 11.9 Å². The molecule has 3 N–H and O–H groups in total. The van der Waals surface area contributed by atoms with E-state index in [4.69, 9.17) is 0 Å². The Labute approximate surface area is 131 Å². The number of aliphatic imine (C=N–C) groups is 1. The Balaban J connectivity index is 1.92. The first kappa shape index (κ1) is 16.7. The Morgan fingerprint density at radius 3 is 2.82 bits per heavy atom. The third-order valence-corrected chi connectivity index (χ3v) is 4.14. The number of aliphatic hydroxyl groups is 1. The van der Waals surface area contributed by atoms with E-state index in [0.717, 1.165) is 43.9 Å². The molecule has 0 saturated heterocycles. The van der Waals surface area contributed by atoms with E-state index in [2.05, 4.69) is 15.6 Å². The molecule has 4 nitrogen and oxygen atoms in total. The van der Waals surface area contributed by atoms with Crippen LogP contribution >= 0.6 is 0 Å². The number of rotatable bonds is 5.